The third-order valence-corrected chi connectivity index (χ3v) is 3.88. The number of amides is 1. The first kappa shape index (κ1) is 14.9. The van der Waals surface area contributed by atoms with Gasteiger partial charge in [0.25, 0.3) is 5.91 Å². The summed E-state index contributed by atoms with van der Waals surface area (Å²) in [6, 6.07) is -0.578. The second-order valence-corrected chi connectivity index (χ2v) is 5.29. The molecule has 1 amide bonds. The average Bonchev–Trinajstić information content (AvgIpc) is 3.04. The van der Waals surface area contributed by atoms with Crippen LogP contribution in [0.4, 0.5) is 13.2 Å². The molecule has 108 valence electrons. The van der Waals surface area contributed by atoms with Crippen molar-refractivity contribution in [2.75, 3.05) is 0 Å². The standard InChI is InChI=1S/C10H9F3N4OS2/c1-2-5(14-8(18)6-3-20-17-16-6)9-15-7(4-19-9)10(11,12)13/h3-5H,2H2,1H3,(H,14,18)/t5-/m0/s1. The third kappa shape index (κ3) is 3.31. The summed E-state index contributed by atoms with van der Waals surface area (Å²) in [5.41, 5.74) is -0.804. The molecular formula is C10H9F3N4OS2. The highest BCUT2D eigenvalue weighted by Gasteiger charge is 2.34. The number of aromatic nitrogens is 3. The van der Waals surface area contributed by atoms with Crippen molar-refractivity contribution >= 4 is 28.8 Å². The van der Waals surface area contributed by atoms with Gasteiger partial charge in [-0.05, 0) is 18.0 Å². The van der Waals surface area contributed by atoms with Crippen LogP contribution in [-0.2, 0) is 6.18 Å². The minimum absolute atomic E-state index is 0.140. The molecule has 10 heteroatoms. The Balaban J connectivity index is 2.12. The van der Waals surface area contributed by atoms with E-state index in [-0.39, 0.29) is 10.7 Å². The van der Waals surface area contributed by atoms with E-state index >= 15 is 0 Å². The van der Waals surface area contributed by atoms with Crippen LogP contribution in [0.25, 0.3) is 0 Å². The van der Waals surface area contributed by atoms with Gasteiger partial charge < -0.3 is 5.32 Å². The fourth-order valence-corrected chi connectivity index (χ4v) is 2.81. The predicted molar refractivity (Wildman–Crippen MR) is 67.5 cm³/mol. The van der Waals surface area contributed by atoms with Gasteiger partial charge in [-0.3, -0.25) is 4.79 Å². The van der Waals surface area contributed by atoms with Gasteiger partial charge in [0, 0.05) is 10.8 Å². The highest BCUT2D eigenvalue weighted by Crippen LogP contribution is 2.32. The minimum Gasteiger partial charge on any atom is -0.341 e. The van der Waals surface area contributed by atoms with Gasteiger partial charge in [-0.25, -0.2) is 4.98 Å². The van der Waals surface area contributed by atoms with Crippen LogP contribution in [0.15, 0.2) is 10.8 Å². The lowest BCUT2D eigenvalue weighted by Gasteiger charge is -2.13. The van der Waals surface area contributed by atoms with E-state index < -0.39 is 23.8 Å². The van der Waals surface area contributed by atoms with Gasteiger partial charge in [0.05, 0.1) is 6.04 Å². The summed E-state index contributed by atoms with van der Waals surface area (Å²) in [7, 11) is 0. The first-order chi connectivity index (χ1) is 9.41. The van der Waals surface area contributed by atoms with Gasteiger partial charge in [0.2, 0.25) is 0 Å². The summed E-state index contributed by atoms with van der Waals surface area (Å²) >= 11 is 1.89. The molecule has 1 N–H and O–H groups in total. The first-order valence-corrected chi connectivity index (χ1v) is 7.24. The molecule has 0 aromatic carbocycles. The van der Waals surface area contributed by atoms with Crippen LogP contribution < -0.4 is 5.32 Å². The molecule has 0 radical (unpaired) electrons. The maximum Gasteiger partial charge on any atom is 0.434 e. The molecule has 0 fully saturated rings. The molecule has 0 spiro atoms. The van der Waals surface area contributed by atoms with E-state index in [0.717, 1.165) is 28.2 Å². The molecule has 2 rings (SSSR count). The van der Waals surface area contributed by atoms with Crippen LogP contribution >= 0.6 is 22.9 Å². The van der Waals surface area contributed by atoms with Crippen LogP contribution in [-0.4, -0.2) is 20.5 Å². The molecule has 0 aliphatic carbocycles. The Labute approximate surface area is 120 Å². The van der Waals surface area contributed by atoms with Crippen molar-refractivity contribution < 1.29 is 18.0 Å². The van der Waals surface area contributed by atoms with Crippen molar-refractivity contribution in [1.29, 1.82) is 0 Å². The number of thiazole rings is 1. The Kier molecular flexibility index (Phi) is 4.33. The maximum absolute atomic E-state index is 12.5. The number of nitrogens with one attached hydrogen (secondary N) is 1. The van der Waals surface area contributed by atoms with Crippen LogP contribution in [0.3, 0.4) is 0 Å². The largest absolute Gasteiger partial charge is 0.434 e. The second-order valence-electron chi connectivity index (χ2n) is 3.79. The van der Waals surface area contributed by atoms with Crippen LogP contribution in [0, 0.1) is 0 Å². The van der Waals surface area contributed by atoms with Crippen molar-refractivity contribution in [2.45, 2.75) is 25.6 Å². The van der Waals surface area contributed by atoms with Crippen molar-refractivity contribution in [1.82, 2.24) is 19.9 Å². The summed E-state index contributed by atoms with van der Waals surface area (Å²) in [5, 5.41) is 8.82. The van der Waals surface area contributed by atoms with Crippen molar-refractivity contribution in [3.8, 4) is 0 Å². The number of carbonyl (C=O) groups excluding carboxylic acids is 1. The normalized spacial score (nSPS) is 13.2. The highest BCUT2D eigenvalue weighted by molar-refractivity contribution is 7.09. The van der Waals surface area contributed by atoms with Gasteiger partial charge in [-0.15, -0.1) is 16.4 Å². The number of nitrogens with zero attached hydrogens (tertiary/aromatic N) is 3. The lowest BCUT2D eigenvalue weighted by molar-refractivity contribution is -0.140. The molecule has 0 unspecified atom stereocenters. The Bertz CT molecular complexity index is 582. The van der Waals surface area contributed by atoms with Gasteiger partial charge >= 0.3 is 6.18 Å². The molecule has 0 aliphatic heterocycles. The Hall–Kier alpha value is -1.55. The van der Waals surface area contributed by atoms with Crippen LogP contribution in [0.1, 0.15) is 40.6 Å². The number of alkyl halides is 3. The van der Waals surface area contributed by atoms with Crippen LogP contribution in [0.5, 0.6) is 0 Å². The van der Waals surface area contributed by atoms with Gasteiger partial charge in [-0.2, -0.15) is 13.2 Å². The SMILES string of the molecule is CC[C@H](NC(=O)c1csnn1)c1nc(C(F)(F)F)cs1. The molecule has 5 nitrogen and oxygen atoms in total. The van der Waals surface area contributed by atoms with Crippen LogP contribution in [0.2, 0.25) is 0 Å². The molecule has 2 aromatic heterocycles. The average molecular weight is 322 g/mol. The van der Waals surface area contributed by atoms with E-state index in [4.69, 9.17) is 0 Å². The molecule has 0 bridgehead atoms. The summed E-state index contributed by atoms with van der Waals surface area (Å²) in [6.45, 7) is 1.75. The van der Waals surface area contributed by atoms with E-state index in [9.17, 15) is 18.0 Å². The van der Waals surface area contributed by atoms with Gasteiger partial charge in [0.15, 0.2) is 11.4 Å². The van der Waals surface area contributed by atoms with E-state index in [1.165, 1.54) is 5.38 Å². The molecule has 2 aromatic rings. The zero-order valence-electron chi connectivity index (χ0n) is 10.1. The van der Waals surface area contributed by atoms with Gasteiger partial charge in [0.1, 0.15) is 5.01 Å². The fourth-order valence-electron chi connectivity index (χ4n) is 1.41. The van der Waals surface area contributed by atoms with Crippen molar-refractivity contribution in [3.05, 3.63) is 27.2 Å². The van der Waals surface area contributed by atoms with E-state index in [1.807, 2.05) is 0 Å². The molecule has 2 heterocycles. The topological polar surface area (TPSA) is 67.8 Å². The third-order valence-electron chi connectivity index (χ3n) is 2.42. The maximum atomic E-state index is 12.5. The number of hydrogen-bond acceptors (Lipinski definition) is 6. The predicted octanol–water partition coefficient (Wildman–Crippen LogP) is 2.89. The first-order valence-electron chi connectivity index (χ1n) is 5.52. The Morgan fingerprint density at radius 1 is 1.45 bits per heavy atom. The molecule has 1 atom stereocenters. The lowest BCUT2D eigenvalue weighted by Crippen LogP contribution is -2.28. The Morgan fingerprint density at radius 3 is 2.70 bits per heavy atom. The quantitative estimate of drug-likeness (QED) is 0.940. The van der Waals surface area contributed by atoms with E-state index in [1.54, 1.807) is 6.92 Å². The lowest BCUT2D eigenvalue weighted by atomic mass is 10.2. The Morgan fingerprint density at radius 2 is 2.20 bits per heavy atom. The highest BCUT2D eigenvalue weighted by atomic mass is 32.1. The molecule has 0 saturated carbocycles. The second kappa shape index (κ2) is 5.83. The zero-order valence-corrected chi connectivity index (χ0v) is 11.8. The number of rotatable bonds is 4. The summed E-state index contributed by atoms with van der Waals surface area (Å²) < 4.78 is 41.0. The summed E-state index contributed by atoms with van der Waals surface area (Å²) in [5.74, 6) is -0.477. The number of hydrogen-bond donors (Lipinski definition) is 1. The molecular weight excluding hydrogens is 313 g/mol. The van der Waals surface area contributed by atoms with E-state index in [0.29, 0.717) is 6.42 Å². The van der Waals surface area contributed by atoms with Crippen molar-refractivity contribution in [3.63, 3.8) is 0 Å². The van der Waals surface area contributed by atoms with E-state index in [2.05, 4.69) is 19.9 Å². The summed E-state index contributed by atoms with van der Waals surface area (Å²) in [6.07, 6.45) is -4.05. The summed E-state index contributed by atoms with van der Waals surface area (Å²) in [4.78, 5) is 15.3. The monoisotopic (exact) mass is 322 g/mol. The van der Waals surface area contributed by atoms with Gasteiger partial charge in [-0.1, -0.05) is 11.4 Å². The molecule has 0 saturated heterocycles. The minimum atomic E-state index is -4.48. The zero-order chi connectivity index (χ0) is 14.8. The number of halogens is 3. The molecule has 20 heavy (non-hydrogen) atoms. The van der Waals surface area contributed by atoms with Crippen molar-refractivity contribution in [2.24, 2.45) is 0 Å². The number of carbonyl (C=O) groups is 1. The fraction of sp³-hybridized carbons (Fsp3) is 0.400. The molecule has 0 aliphatic rings. The smallest absolute Gasteiger partial charge is 0.341 e.